The number of amides is 3. The molecule has 0 heterocycles. The highest BCUT2D eigenvalue weighted by Crippen LogP contribution is 2.67. The Morgan fingerprint density at radius 2 is 1.40 bits per heavy atom. The van der Waals surface area contributed by atoms with Crippen LogP contribution in [0.4, 0.5) is 8.78 Å². The van der Waals surface area contributed by atoms with Gasteiger partial charge in [-0.3, -0.25) is 42.4 Å². The highest BCUT2D eigenvalue weighted by atomic mass is 31.2. The second-order valence-corrected chi connectivity index (χ2v) is 23.0. The third-order valence-corrected chi connectivity index (χ3v) is 14.6. The quantitative estimate of drug-likeness (QED) is 0.0348. The van der Waals surface area contributed by atoms with E-state index in [4.69, 9.17) is 29.0 Å². The van der Waals surface area contributed by atoms with E-state index in [1.807, 2.05) is 26.0 Å². The van der Waals surface area contributed by atoms with Crippen LogP contribution in [0.15, 0.2) is 54.6 Å². The number of hydrogen-bond acceptors (Lipinski definition) is 12. The van der Waals surface area contributed by atoms with Crippen molar-refractivity contribution in [2.75, 3.05) is 13.6 Å². The molecule has 2 fully saturated rings. The molecule has 0 aliphatic heterocycles. The highest BCUT2D eigenvalue weighted by Gasteiger charge is 2.59. The van der Waals surface area contributed by atoms with Crippen LogP contribution in [0, 0.1) is 34.5 Å². The molecule has 0 spiro atoms. The van der Waals surface area contributed by atoms with Crippen molar-refractivity contribution in [1.29, 1.82) is 0 Å². The number of allylic oxidation sites excluding steroid dienone is 1. The smallest absolute Gasteiger partial charge is 0.410 e. The van der Waals surface area contributed by atoms with Crippen LogP contribution < -0.4 is 16.4 Å². The van der Waals surface area contributed by atoms with E-state index < -0.39 is 97.0 Å². The van der Waals surface area contributed by atoms with Crippen molar-refractivity contribution in [3.05, 3.63) is 76.9 Å². The summed E-state index contributed by atoms with van der Waals surface area (Å²) in [6.45, 7) is 16.7. The number of hydrogen-bond donors (Lipinski definition) is 3. The van der Waals surface area contributed by atoms with Gasteiger partial charge in [-0.1, -0.05) is 82.1 Å². The lowest BCUT2D eigenvalue weighted by atomic mass is 9.82. The molecule has 388 valence electrons. The molecule has 0 aromatic heterocycles. The number of primary amides is 1. The molecule has 2 aromatic rings. The molecule has 2 aromatic carbocycles. The Kier molecular flexibility index (Phi) is 20.2. The van der Waals surface area contributed by atoms with Crippen molar-refractivity contribution in [1.82, 2.24) is 10.6 Å². The molecule has 15 nitrogen and oxygen atoms in total. The number of unbranched alkanes of at least 4 members (excludes halogenated alkanes) is 1. The lowest BCUT2D eigenvalue weighted by Crippen LogP contribution is -2.50. The molecule has 0 saturated heterocycles. The number of ketones is 1. The summed E-state index contributed by atoms with van der Waals surface area (Å²) in [6.07, 6.45) is 4.01. The summed E-state index contributed by atoms with van der Waals surface area (Å²) >= 11 is 0. The van der Waals surface area contributed by atoms with Gasteiger partial charge in [-0.2, -0.15) is 8.78 Å². The zero-order valence-electron chi connectivity index (χ0n) is 42.6. The predicted octanol–water partition coefficient (Wildman–Crippen LogP) is 9.45. The molecule has 2 saturated carbocycles. The number of esters is 2. The van der Waals surface area contributed by atoms with Gasteiger partial charge in [0.05, 0.1) is 41.5 Å². The van der Waals surface area contributed by atoms with Gasteiger partial charge in [0, 0.05) is 24.0 Å². The third-order valence-electron chi connectivity index (χ3n) is 12.8. The lowest BCUT2D eigenvalue weighted by Gasteiger charge is -2.30. The average Bonchev–Trinajstić information content (AvgIpc) is 3.95. The van der Waals surface area contributed by atoms with Crippen molar-refractivity contribution in [3.63, 3.8) is 0 Å². The average molecular weight is 1000 g/mol. The number of rotatable bonds is 26. The molecule has 0 bridgehead atoms. The SMILES string of the molecule is CCCC[C@H](NC(=O)/C=C(\C)c1ccc(C(F)(F)P(=O)(OCOC(=O)C(C)(C)C)OCOC(=O)C(C)(C)C)cc1)C(=O)C1C[C@H]2C[C@H]2[C@H]1C(=O)N[C@@H](CCC(N)=O)[C@@H](C)OCc1ccc(C(C)C)cc1. The number of nitrogens with one attached hydrogen (secondary N) is 2. The summed E-state index contributed by atoms with van der Waals surface area (Å²) in [6, 6.07) is 11.1. The van der Waals surface area contributed by atoms with Gasteiger partial charge in [-0.05, 0) is 121 Å². The molecule has 4 N–H and O–H groups in total. The molecule has 0 radical (unpaired) electrons. The molecule has 4 rings (SSSR count). The minimum absolute atomic E-state index is 0.00508. The molecule has 7 atom stereocenters. The monoisotopic (exact) mass is 1000 g/mol. The van der Waals surface area contributed by atoms with Gasteiger partial charge >= 0.3 is 25.2 Å². The van der Waals surface area contributed by atoms with Gasteiger partial charge < -0.3 is 30.6 Å². The van der Waals surface area contributed by atoms with Gasteiger partial charge in [-0.25, -0.2) is 0 Å². The maximum atomic E-state index is 16.1. The first-order chi connectivity index (χ1) is 32.6. The Labute approximate surface area is 411 Å². The Hall–Kier alpha value is -4.83. The van der Waals surface area contributed by atoms with E-state index in [1.54, 1.807) is 6.92 Å². The number of carbonyl (C=O) groups excluding carboxylic acids is 6. The Bertz CT molecular complexity index is 2200. The van der Waals surface area contributed by atoms with Crippen LogP contribution in [0.1, 0.15) is 149 Å². The molecular weight excluding hydrogens is 928 g/mol. The number of Topliss-reactive ketones (excluding diaryl/α,β-unsaturated/α-hetero) is 1. The maximum Gasteiger partial charge on any atom is 0.410 e. The Balaban J connectivity index is 1.47. The van der Waals surface area contributed by atoms with Crippen LogP contribution in [-0.4, -0.2) is 67.2 Å². The van der Waals surface area contributed by atoms with E-state index in [-0.39, 0.29) is 43.0 Å². The summed E-state index contributed by atoms with van der Waals surface area (Å²) in [5.74, 6) is -4.02. The second-order valence-electron chi connectivity index (χ2n) is 21.0. The fourth-order valence-electron chi connectivity index (χ4n) is 8.24. The molecule has 3 amide bonds. The first-order valence-electron chi connectivity index (χ1n) is 24.1. The highest BCUT2D eigenvalue weighted by molar-refractivity contribution is 7.54. The van der Waals surface area contributed by atoms with Crippen LogP contribution >= 0.6 is 7.60 Å². The molecule has 2 aliphatic rings. The largest absolute Gasteiger partial charge is 0.438 e. The van der Waals surface area contributed by atoms with Gasteiger partial charge in [0.15, 0.2) is 5.78 Å². The Morgan fingerprint density at radius 1 is 0.829 bits per heavy atom. The van der Waals surface area contributed by atoms with Crippen molar-refractivity contribution in [3.8, 4) is 0 Å². The number of nitrogens with two attached hydrogens (primary N) is 1. The van der Waals surface area contributed by atoms with Crippen molar-refractivity contribution in [2.45, 2.75) is 157 Å². The summed E-state index contributed by atoms with van der Waals surface area (Å²) in [5, 5.41) is 5.96. The molecule has 70 heavy (non-hydrogen) atoms. The van der Waals surface area contributed by atoms with E-state index in [2.05, 4.69) is 36.6 Å². The summed E-state index contributed by atoms with van der Waals surface area (Å²) in [7, 11) is -5.56. The summed E-state index contributed by atoms with van der Waals surface area (Å²) in [4.78, 5) is 78.7. The van der Waals surface area contributed by atoms with Crippen LogP contribution in [-0.2, 0) is 68.9 Å². The number of alkyl halides is 2. The minimum atomic E-state index is -5.56. The van der Waals surface area contributed by atoms with E-state index in [1.165, 1.54) is 65.3 Å². The second kappa shape index (κ2) is 24.5. The maximum absolute atomic E-state index is 16.1. The van der Waals surface area contributed by atoms with E-state index in [0.29, 0.717) is 36.3 Å². The van der Waals surface area contributed by atoms with Crippen molar-refractivity contribution in [2.24, 2.45) is 40.2 Å². The number of benzene rings is 2. The topological polar surface area (TPSA) is 216 Å². The lowest BCUT2D eigenvalue weighted by molar-refractivity contribution is -0.163. The number of carbonyl (C=O) groups is 6. The molecule has 2 aliphatic carbocycles. The van der Waals surface area contributed by atoms with Gasteiger partial charge in [0.2, 0.25) is 31.3 Å². The van der Waals surface area contributed by atoms with Gasteiger partial charge in [-0.15, -0.1) is 0 Å². The van der Waals surface area contributed by atoms with Gasteiger partial charge in [0.1, 0.15) is 0 Å². The molecule has 18 heteroatoms. The number of ether oxygens (including phenoxy) is 3. The van der Waals surface area contributed by atoms with Crippen molar-refractivity contribution >= 4 is 48.6 Å². The summed E-state index contributed by atoms with van der Waals surface area (Å²) in [5.41, 5.74) is 1.14. The molecular formula is C52H74F2N3O12P. The van der Waals surface area contributed by atoms with E-state index in [0.717, 1.165) is 30.5 Å². The van der Waals surface area contributed by atoms with Crippen LogP contribution in [0.2, 0.25) is 0 Å². The predicted molar refractivity (Wildman–Crippen MR) is 259 cm³/mol. The summed E-state index contributed by atoms with van der Waals surface area (Å²) < 4.78 is 72.0. The zero-order chi connectivity index (χ0) is 52.4. The Morgan fingerprint density at radius 3 is 1.91 bits per heavy atom. The standard InChI is InChI=1S/C52H74F2N3O12P/c1-12-13-14-42(46(60)40-27-37-26-39(37)45(40)47(61)57-41(23-24-43(55)58)33(5)65-28-34-15-17-35(18-16-34)31(2)3)56-44(59)25-32(4)36-19-21-38(22-20-36)52(53,54)70(64,68-29-66-48(62)50(6,7)8)69-30-67-49(63)51(9,10)11/h15-22,25,31,33,37,39-42,45H,12-14,23-24,26-30H2,1-11H3,(H2,55,58)(H,56,59)(H,57,61)/b32-25+/t33-,37-,39-,40?,41+,42+,45-/m1/s1. The first-order valence-corrected chi connectivity index (χ1v) is 25.7. The number of fused-ring (bicyclic) bond motifs is 1. The third kappa shape index (κ3) is 15.8. The van der Waals surface area contributed by atoms with E-state index in [9.17, 15) is 33.3 Å². The first kappa shape index (κ1) is 57.7. The number of halogens is 2. The molecule has 1 unspecified atom stereocenters. The fourth-order valence-corrected chi connectivity index (χ4v) is 9.48. The van der Waals surface area contributed by atoms with Crippen molar-refractivity contribution < 1.29 is 65.4 Å². The van der Waals surface area contributed by atoms with Gasteiger partial charge in [0.25, 0.3) is 0 Å². The minimum Gasteiger partial charge on any atom is -0.438 e. The zero-order valence-corrected chi connectivity index (χ0v) is 43.5. The van der Waals surface area contributed by atoms with Crippen LogP contribution in [0.25, 0.3) is 5.57 Å². The van der Waals surface area contributed by atoms with Crippen LogP contribution in [0.5, 0.6) is 0 Å². The van der Waals surface area contributed by atoms with Crippen LogP contribution in [0.3, 0.4) is 0 Å². The fraction of sp³-hybridized carbons (Fsp3) is 0.615. The van der Waals surface area contributed by atoms with E-state index >= 15 is 8.78 Å². The normalized spacial score (nSPS) is 19.7.